The van der Waals surface area contributed by atoms with Crippen LogP contribution in [0.3, 0.4) is 0 Å². The maximum Gasteiger partial charge on any atom is 0.139 e. The van der Waals surface area contributed by atoms with Crippen LogP contribution in [0.1, 0.15) is 18.9 Å². The summed E-state index contributed by atoms with van der Waals surface area (Å²) in [6.07, 6.45) is 2.94. The Balaban J connectivity index is 2.19. The van der Waals surface area contributed by atoms with E-state index in [1.54, 1.807) is 0 Å². The first-order chi connectivity index (χ1) is 9.81. The summed E-state index contributed by atoms with van der Waals surface area (Å²) in [4.78, 5) is 4.58. The SMILES string of the molecule is C=C1COc2c1ccc1c2c2ncccc2n1CCC. The molecule has 0 amide bonds. The van der Waals surface area contributed by atoms with Crippen LogP contribution in [0.5, 0.6) is 5.75 Å². The normalized spacial score (nSPS) is 13.9. The molecule has 0 unspecified atom stereocenters. The van der Waals surface area contributed by atoms with Crippen molar-refractivity contribution in [3.05, 3.63) is 42.6 Å². The first kappa shape index (κ1) is 11.5. The molecule has 4 rings (SSSR count). The van der Waals surface area contributed by atoms with E-state index in [-0.39, 0.29) is 0 Å². The molecule has 0 spiro atoms. The van der Waals surface area contributed by atoms with Crippen LogP contribution in [0.2, 0.25) is 0 Å². The molecule has 3 heterocycles. The van der Waals surface area contributed by atoms with E-state index in [2.05, 4.69) is 41.3 Å². The largest absolute Gasteiger partial charge is 0.487 e. The van der Waals surface area contributed by atoms with Gasteiger partial charge >= 0.3 is 0 Å². The first-order valence-corrected chi connectivity index (χ1v) is 7.02. The molecule has 0 aliphatic carbocycles. The highest BCUT2D eigenvalue weighted by Gasteiger charge is 2.23. The highest BCUT2D eigenvalue weighted by Crippen LogP contribution is 2.42. The summed E-state index contributed by atoms with van der Waals surface area (Å²) in [6, 6.07) is 8.42. The molecule has 0 bridgehead atoms. The summed E-state index contributed by atoms with van der Waals surface area (Å²) in [5, 5.41) is 1.13. The van der Waals surface area contributed by atoms with Crippen molar-refractivity contribution < 1.29 is 4.74 Å². The zero-order valence-corrected chi connectivity index (χ0v) is 11.5. The number of aryl methyl sites for hydroxylation is 1. The Kier molecular flexibility index (Phi) is 2.36. The molecular weight excluding hydrogens is 248 g/mol. The van der Waals surface area contributed by atoms with Crippen LogP contribution < -0.4 is 4.74 Å². The fourth-order valence-corrected chi connectivity index (χ4v) is 3.09. The van der Waals surface area contributed by atoms with Crippen LogP contribution in [0, 0.1) is 0 Å². The Morgan fingerprint density at radius 2 is 2.20 bits per heavy atom. The monoisotopic (exact) mass is 264 g/mol. The minimum absolute atomic E-state index is 0.585. The Hall–Kier alpha value is -2.29. The number of aromatic nitrogens is 2. The number of nitrogens with zero attached hydrogens (tertiary/aromatic N) is 2. The molecule has 1 aromatic carbocycles. The van der Waals surface area contributed by atoms with Crippen molar-refractivity contribution in [2.45, 2.75) is 19.9 Å². The lowest BCUT2D eigenvalue weighted by Crippen LogP contribution is -1.95. The van der Waals surface area contributed by atoms with E-state index in [4.69, 9.17) is 4.74 Å². The minimum atomic E-state index is 0.585. The smallest absolute Gasteiger partial charge is 0.139 e. The molecular formula is C17H16N2O. The van der Waals surface area contributed by atoms with Gasteiger partial charge in [-0.1, -0.05) is 13.5 Å². The van der Waals surface area contributed by atoms with Crippen LogP contribution in [-0.2, 0) is 6.54 Å². The molecule has 20 heavy (non-hydrogen) atoms. The molecule has 2 aromatic heterocycles. The van der Waals surface area contributed by atoms with Crippen LogP contribution in [0.25, 0.3) is 27.5 Å². The van der Waals surface area contributed by atoms with Crippen LogP contribution >= 0.6 is 0 Å². The van der Waals surface area contributed by atoms with Gasteiger partial charge in [0, 0.05) is 18.3 Å². The topological polar surface area (TPSA) is 27.1 Å². The summed E-state index contributed by atoms with van der Waals surface area (Å²) in [5.74, 6) is 0.950. The standard InChI is InChI=1S/C17H16N2O/c1-3-9-19-13-7-6-12-11(2)10-20-17(12)15(13)16-14(19)5-4-8-18-16/h4-8H,2-3,9-10H2,1H3. The molecule has 0 saturated heterocycles. The fraction of sp³-hybridized carbons (Fsp3) is 0.235. The lowest BCUT2D eigenvalue weighted by atomic mass is 10.1. The van der Waals surface area contributed by atoms with Crippen molar-refractivity contribution >= 4 is 27.5 Å². The summed E-state index contributed by atoms with van der Waals surface area (Å²) in [5.41, 5.74) is 5.59. The van der Waals surface area contributed by atoms with Crippen molar-refractivity contribution in [3.63, 3.8) is 0 Å². The molecule has 0 fully saturated rings. The zero-order valence-electron chi connectivity index (χ0n) is 11.5. The van der Waals surface area contributed by atoms with Gasteiger partial charge in [-0.2, -0.15) is 0 Å². The maximum absolute atomic E-state index is 5.87. The molecule has 100 valence electrons. The second kappa shape index (κ2) is 4.10. The molecule has 0 atom stereocenters. The van der Waals surface area contributed by atoms with Gasteiger partial charge in [0.2, 0.25) is 0 Å². The molecule has 1 aliphatic rings. The van der Waals surface area contributed by atoms with E-state index in [1.807, 2.05) is 12.3 Å². The molecule has 3 heteroatoms. The Morgan fingerprint density at radius 1 is 1.30 bits per heavy atom. The van der Waals surface area contributed by atoms with Gasteiger partial charge in [-0.05, 0) is 36.3 Å². The van der Waals surface area contributed by atoms with E-state index in [1.165, 1.54) is 11.0 Å². The van der Waals surface area contributed by atoms with Gasteiger partial charge in [0.1, 0.15) is 12.4 Å². The highest BCUT2D eigenvalue weighted by molar-refractivity contribution is 6.11. The molecule has 1 aliphatic heterocycles. The number of pyridine rings is 1. The number of rotatable bonds is 2. The van der Waals surface area contributed by atoms with Gasteiger partial charge in [-0.3, -0.25) is 4.98 Å². The summed E-state index contributed by atoms with van der Waals surface area (Å²) >= 11 is 0. The second-order valence-corrected chi connectivity index (χ2v) is 5.25. The van der Waals surface area contributed by atoms with Crippen molar-refractivity contribution in [2.75, 3.05) is 6.61 Å². The zero-order chi connectivity index (χ0) is 13.7. The third-order valence-corrected chi connectivity index (χ3v) is 3.96. The lowest BCUT2D eigenvalue weighted by molar-refractivity contribution is 0.393. The Morgan fingerprint density at radius 3 is 3.05 bits per heavy atom. The molecule has 3 aromatic rings. The van der Waals surface area contributed by atoms with E-state index >= 15 is 0 Å². The highest BCUT2D eigenvalue weighted by atomic mass is 16.5. The number of benzene rings is 1. The van der Waals surface area contributed by atoms with E-state index in [0.29, 0.717) is 6.61 Å². The van der Waals surface area contributed by atoms with Crippen molar-refractivity contribution in [1.29, 1.82) is 0 Å². The molecule has 0 radical (unpaired) electrons. The molecule has 0 saturated carbocycles. The van der Waals surface area contributed by atoms with Gasteiger partial charge in [0.05, 0.1) is 21.9 Å². The number of hydrogen-bond donors (Lipinski definition) is 0. The maximum atomic E-state index is 5.87. The third kappa shape index (κ3) is 1.38. The van der Waals surface area contributed by atoms with E-state index in [0.717, 1.165) is 40.8 Å². The van der Waals surface area contributed by atoms with Gasteiger partial charge in [-0.15, -0.1) is 0 Å². The quantitative estimate of drug-likeness (QED) is 0.699. The predicted octanol–water partition coefficient (Wildman–Crippen LogP) is 4.01. The fourth-order valence-electron chi connectivity index (χ4n) is 3.09. The van der Waals surface area contributed by atoms with E-state index in [9.17, 15) is 0 Å². The first-order valence-electron chi connectivity index (χ1n) is 7.02. The number of fused-ring (bicyclic) bond motifs is 5. The molecule has 0 N–H and O–H groups in total. The Labute approximate surface area is 117 Å². The predicted molar refractivity (Wildman–Crippen MR) is 82.1 cm³/mol. The Bertz CT molecular complexity index is 845. The second-order valence-electron chi connectivity index (χ2n) is 5.25. The van der Waals surface area contributed by atoms with Crippen molar-refractivity contribution in [1.82, 2.24) is 9.55 Å². The van der Waals surface area contributed by atoms with E-state index < -0.39 is 0 Å². The average molecular weight is 264 g/mol. The van der Waals surface area contributed by atoms with Crippen LogP contribution in [0.4, 0.5) is 0 Å². The van der Waals surface area contributed by atoms with Crippen LogP contribution in [0.15, 0.2) is 37.0 Å². The van der Waals surface area contributed by atoms with Gasteiger partial charge in [0.15, 0.2) is 0 Å². The summed E-state index contributed by atoms with van der Waals surface area (Å²) in [7, 11) is 0. The van der Waals surface area contributed by atoms with Gasteiger partial charge < -0.3 is 9.30 Å². The molecule has 3 nitrogen and oxygen atoms in total. The summed E-state index contributed by atoms with van der Waals surface area (Å²) < 4.78 is 8.21. The number of ether oxygens (including phenoxy) is 1. The third-order valence-electron chi connectivity index (χ3n) is 3.96. The number of hydrogen-bond acceptors (Lipinski definition) is 2. The summed E-state index contributed by atoms with van der Waals surface area (Å²) in [6.45, 7) is 7.84. The van der Waals surface area contributed by atoms with Gasteiger partial charge in [-0.25, -0.2) is 0 Å². The van der Waals surface area contributed by atoms with Crippen molar-refractivity contribution in [2.24, 2.45) is 0 Å². The lowest BCUT2D eigenvalue weighted by Gasteiger charge is -2.05. The van der Waals surface area contributed by atoms with Crippen molar-refractivity contribution in [3.8, 4) is 5.75 Å². The van der Waals surface area contributed by atoms with Gasteiger partial charge in [0.25, 0.3) is 0 Å². The minimum Gasteiger partial charge on any atom is -0.487 e. The average Bonchev–Trinajstić information content (AvgIpc) is 3.00. The van der Waals surface area contributed by atoms with Crippen LogP contribution in [-0.4, -0.2) is 16.2 Å².